The number of rotatable bonds is 7. The first kappa shape index (κ1) is 17.9. The van der Waals surface area contributed by atoms with Gasteiger partial charge in [0.05, 0.1) is 19.3 Å². The van der Waals surface area contributed by atoms with E-state index < -0.39 is 0 Å². The molecule has 0 aromatic heterocycles. The Balaban J connectivity index is 1.84. The van der Waals surface area contributed by atoms with E-state index in [1.165, 1.54) is 0 Å². The van der Waals surface area contributed by atoms with Crippen LogP contribution in [0.25, 0.3) is 0 Å². The van der Waals surface area contributed by atoms with Crippen LogP contribution in [0, 0.1) is 0 Å². The highest BCUT2D eigenvalue weighted by atomic mass is 16.5. The molecule has 1 aromatic rings. The quantitative estimate of drug-likeness (QED) is 0.800. The van der Waals surface area contributed by atoms with Gasteiger partial charge in [-0.15, -0.1) is 0 Å². The number of ether oxygens (including phenoxy) is 1. The van der Waals surface area contributed by atoms with Crippen molar-refractivity contribution in [1.29, 1.82) is 0 Å². The van der Waals surface area contributed by atoms with Crippen LogP contribution < -0.4 is 10.6 Å². The van der Waals surface area contributed by atoms with Gasteiger partial charge in [-0.05, 0) is 31.9 Å². The van der Waals surface area contributed by atoms with Gasteiger partial charge in [0.25, 0.3) is 0 Å². The summed E-state index contributed by atoms with van der Waals surface area (Å²) in [4.78, 5) is 14.4. The maximum Gasteiger partial charge on any atom is 0.234 e. The van der Waals surface area contributed by atoms with E-state index in [1.54, 1.807) is 0 Å². The van der Waals surface area contributed by atoms with Crippen molar-refractivity contribution in [1.82, 2.24) is 15.5 Å². The number of nitrogens with one attached hydrogen (secondary N) is 2. The van der Waals surface area contributed by atoms with E-state index in [2.05, 4.69) is 28.5 Å². The Morgan fingerprint density at radius 3 is 2.83 bits per heavy atom. The zero-order chi connectivity index (χ0) is 16.7. The molecule has 128 valence electrons. The lowest BCUT2D eigenvalue weighted by Crippen LogP contribution is -2.52. The molecule has 1 saturated heterocycles. The summed E-state index contributed by atoms with van der Waals surface area (Å²) in [5.74, 6) is 0.0818. The molecular weight excluding hydrogens is 290 g/mol. The van der Waals surface area contributed by atoms with E-state index in [1.807, 2.05) is 32.0 Å². The smallest absolute Gasteiger partial charge is 0.234 e. The topological polar surface area (TPSA) is 53.6 Å². The normalized spacial score (nSPS) is 19.0. The molecule has 1 aliphatic rings. The predicted octanol–water partition coefficient (Wildman–Crippen LogP) is 1.52. The lowest BCUT2D eigenvalue weighted by molar-refractivity contribution is -0.123. The lowest BCUT2D eigenvalue weighted by Gasteiger charge is -2.33. The van der Waals surface area contributed by atoms with Crippen molar-refractivity contribution in [3.8, 4) is 0 Å². The molecule has 5 heteroatoms. The number of carbonyl (C=O) groups excluding carboxylic acids is 1. The van der Waals surface area contributed by atoms with Gasteiger partial charge in [-0.25, -0.2) is 0 Å². The fraction of sp³-hybridized carbons (Fsp3) is 0.611. The van der Waals surface area contributed by atoms with E-state index in [9.17, 15) is 4.79 Å². The Kier molecular flexibility index (Phi) is 7.02. The minimum absolute atomic E-state index is 0.0818. The van der Waals surface area contributed by atoms with Crippen LogP contribution in [-0.2, 0) is 22.7 Å². The van der Waals surface area contributed by atoms with Crippen molar-refractivity contribution in [2.24, 2.45) is 0 Å². The van der Waals surface area contributed by atoms with E-state index in [4.69, 9.17) is 4.74 Å². The second-order valence-corrected chi connectivity index (χ2v) is 6.43. The molecule has 1 amide bonds. The molecule has 5 nitrogen and oxygen atoms in total. The third-order valence-corrected chi connectivity index (χ3v) is 4.15. The van der Waals surface area contributed by atoms with Crippen molar-refractivity contribution in [3.05, 3.63) is 35.4 Å². The molecule has 2 N–H and O–H groups in total. The highest BCUT2D eigenvalue weighted by Crippen LogP contribution is 2.11. The number of hydrogen-bond donors (Lipinski definition) is 2. The number of benzene rings is 1. The summed E-state index contributed by atoms with van der Waals surface area (Å²) in [6, 6.07) is 8.52. The molecule has 1 heterocycles. The summed E-state index contributed by atoms with van der Waals surface area (Å²) < 4.78 is 5.68. The van der Waals surface area contributed by atoms with Crippen LogP contribution in [0.2, 0.25) is 0 Å². The molecule has 0 spiro atoms. The molecule has 2 rings (SSSR count). The highest BCUT2D eigenvalue weighted by molar-refractivity contribution is 5.78. The van der Waals surface area contributed by atoms with Crippen molar-refractivity contribution in [2.75, 3.05) is 26.2 Å². The highest BCUT2D eigenvalue weighted by Gasteiger charge is 2.20. The largest absolute Gasteiger partial charge is 0.374 e. The first-order chi connectivity index (χ1) is 11.1. The summed E-state index contributed by atoms with van der Waals surface area (Å²) in [6.07, 6.45) is 0.201. The Morgan fingerprint density at radius 2 is 2.13 bits per heavy atom. The molecule has 1 fully saturated rings. The molecule has 0 unspecified atom stereocenters. The third-order valence-electron chi connectivity index (χ3n) is 4.15. The average Bonchev–Trinajstić information content (AvgIpc) is 2.54. The maximum atomic E-state index is 12.2. The van der Waals surface area contributed by atoms with Crippen molar-refractivity contribution in [2.45, 2.75) is 46.1 Å². The van der Waals surface area contributed by atoms with Crippen LogP contribution in [0.1, 0.15) is 31.9 Å². The summed E-state index contributed by atoms with van der Waals surface area (Å²) in [6.45, 7) is 10.6. The number of nitrogens with zero attached hydrogens (tertiary/aromatic N) is 1. The summed E-state index contributed by atoms with van der Waals surface area (Å²) in [5, 5.41) is 6.38. The van der Waals surface area contributed by atoms with Gasteiger partial charge >= 0.3 is 0 Å². The van der Waals surface area contributed by atoms with Crippen LogP contribution in [0.3, 0.4) is 0 Å². The average molecular weight is 319 g/mol. The molecule has 1 atom stereocenters. The fourth-order valence-corrected chi connectivity index (χ4v) is 2.68. The van der Waals surface area contributed by atoms with Crippen LogP contribution in [0.4, 0.5) is 0 Å². The first-order valence-corrected chi connectivity index (χ1v) is 8.46. The van der Waals surface area contributed by atoms with Gasteiger partial charge in [0.1, 0.15) is 0 Å². The third kappa shape index (κ3) is 5.94. The van der Waals surface area contributed by atoms with E-state index in [-0.39, 0.29) is 12.0 Å². The van der Waals surface area contributed by atoms with Gasteiger partial charge in [-0.2, -0.15) is 0 Å². The standard InChI is InChI=1S/C18H29N3O2/c1-14(2)23-13-17-7-5-4-6-16(17)11-20-18(22)12-21-9-8-19-10-15(21)3/h4-7,14-15,19H,8-13H2,1-3H3,(H,20,22)/t15-/m0/s1. The second kappa shape index (κ2) is 9.01. The molecule has 0 bridgehead atoms. The lowest BCUT2D eigenvalue weighted by atomic mass is 10.1. The molecule has 0 radical (unpaired) electrons. The van der Waals surface area contributed by atoms with Crippen LogP contribution in [0.15, 0.2) is 24.3 Å². The van der Waals surface area contributed by atoms with Gasteiger partial charge < -0.3 is 15.4 Å². The minimum Gasteiger partial charge on any atom is -0.374 e. The minimum atomic E-state index is 0.0818. The van der Waals surface area contributed by atoms with Crippen molar-refractivity contribution < 1.29 is 9.53 Å². The van der Waals surface area contributed by atoms with Gasteiger partial charge in [-0.3, -0.25) is 9.69 Å². The SMILES string of the molecule is CC(C)OCc1ccccc1CNC(=O)CN1CCNC[C@@H]1C. The monoisotopic (exact) mass is 319 g/mol. The molecular formula is C18H29N3O2. The Hall–Kier alpha value is -1.43. The zero-order valence-electron chi connectivity index (χ0n) is 14.5. The van der Waals surface area contributed by atoms with Crippen LogP contribution in [-0.4, -0.2) is 49.1 Å². The summed E-state index contributed by atoms with van der Waals surface area (Å²) in [5.41, 5.74) is 2.26. The summed E-state index contributed by atoms with van der Waals surface area (Å²) >= 11 is 0. The number of hydrogen-bond acceptors (Lipinski definition) is 4. The van der Waals surface area contributed by atoms with Crippen molar-refractivity contribution in [3.63, 3.8) is 0 Å². The van der Waals surface area contributed by atoms with E-state index in [0.29, 0.717) is 25.7 Å². The molecule has 1 aliphatic heterocycles. The first-order valence-electron chi connectivity index (χ1n) is 8.46. The Labute approximate surface area is 139 Å². The predicted molar refractivity (Wildman–Crippen MR) is 92.1 cm³/mol. The molecule has 0 aliphatic carbocycles. The maximum absolute atomic E-state index is 12.2. The summed E-state index contributed by atoms with van der Waals surface area (Å²) in [7, 11) is 0. The van der Waals surface area contributed by atoms with Crippen LogP contribution >= 0.6 is 0 Å². The second-order valence-electron chi connectivity index (χ2n) is 6.43. The van der Waals surface area contributed by atoms with E-state index >= 15 is 0 Å². The van der Waals surface area contributed by atoms with E-state index in [0.717, 1.165) is 30.8 Å². The number of amides is 1. The zero-order valence-corrected chi connectivity index (χ0v) is 14.5. The Morgan fingerprint density at radius 1 is 1.39 bits per heavy atom. The molecule has 0 saturated carbocycles. The number of piperazine rings is 1. The van der Waals surface area contributed by atoms with Crippen molar-refractivity contribution >= 4 is 5.91 Å². The Bertz CT molecular complexity index is 505. The van der Waals surface area contributed by atoms with Gasteiger partial charge in [0.15, 0.2) is 0 Å². The van der Waals surface area contributed by atoms with Gasteiger partial charge in [-0.1, -0.05) is 24.3 Å². The van der Waals surface area contributed by atoms with Crippen LogP contribution in [0.5, 0.6) is 0 Å². The number of carbonyl (C=O) groups is 1. The fourth-order valence-electron chi connectivity index (χ4n) is 2.68. The van der Waals surface area contributed by atoms with Gasteiger partial charge in [0, 0.05) is 32.2 Å². The molecule has 23 heavy (non-hydrogen) atoms. The molecule has 1 aromatic carbocycles. The van der Waals surface area contributed by atoms with Gasteiger partial charge in [0.2, 0.25) is 5.91 Å².